The Morgan fingerprint density at radius 3 is 3.00 bits per heavy atom. The normalized spacial score (nSPS) is 16.0. The van der Waals surface area contributed by atoms with E-state index in [1.54, 1.807) is 12.3 Å². The molecule has 0 aromatic carbocycles. The maximum absolute atomic E-state index is 8.88. The van der Waals surface area contributed by atoms with Crippen LogP contribution in [0.15, 0.2) is 18.3 Å². The van der Waals surface area contributed by atoms with Gasteiger partial charge in [-0.05, 0) is 18.6 Å². The predicted molar refractivity (Wildman–Crippen MR) is 74.1 cm³/mol. The van der Waals surface area contributed by atoms with Gasteiger partial charge in [0.15, 0.2) is 0 Å². The number of pyridine rings is 1. The van der Waals surface area contributed by atoms with Crippen LogP contribution in [0.4, 0.5) is 5.82 Å². The first-order valence-corrected chi connectivity index (χ1v) is 6.67. The van der Waals surface area contributed by atoms with Crippen molar-refractivity contribution in [2.24, 2.45) is 0 Å². The molecule has 102 valence electrons. The summed E-state index contributed by atoms with van der Waals surface area (Å²) in [6.07, 6.45) is 2.78. The first-order chi connectivity index (χ1) is 9.29. The Morgan fingerprint density at radius 2 is 2.26 bits per heavy atom. The highest BCUT2D eigenvalue weighted by atomic mass is 16.5. The first kappa shape index (κ1) is 13.8. The molecule has 5 heteroatoms. The van der Waals surface area contributed by atoms with Crippen molar-refractivity contribution < 1.29 is 4.74 Å². The van der Waals surface area contributed by atoms with Crippen molar-refractivity contribution in [3.63, 3.8) is 0 Å². The monoisotopic (exact) mass is 260 g/mol. The summed E-state index contributed by atoms with van der Waals surface area (Å²) < 4.78 is 5.33. The summed E-state index contributed by atoms with van der Waals surface area (Å²) in [5.41, 5.74) is 0.657. The van der Waals surface area contributed by atoms with E-state index < -0.39 is 0 Å². The van der Waals surface area contributed by atoms with Gasteiger partial charge in [0.25, 0.3) is 0 Å². The number of rotatable bonds is 5. The van der Waals surface area contributed by atoms with Gasteiger partial charge >= 0.3 is 0 Å². The molecule has 2 heterocycles. The number of aromatic nitrogens is 1. The molecule has 0 radical (unpaired) electrons. The molecule has 0 saturated carbocycles. The van der Waals surface area contributed by atoms with E-state index in [1.165, 1.54) is 0 Å². The minimum absolute atomic E-state index is 0.657. The van der Waals surface area contributed by atoms with E-state index >= 15 is 0 Å². The zero-order chi connectivity index (χ0) is 13.5. The number of anilines is 1. The molecule has 1 saturated heterocycles. The lowest BCUT2D eigenvalue weighted by atomic mass is 10.2. The van der Waals surface area contributed by atoms with Crippen LogP contribution in [0.25, 0.3) is 0 Å². The lowest BCUT2D eigenvalue weighted by molar-refractivity contribution is 0.0377. The van der Waals surface area contributed by atoms with Gasteiger partial charge in [-0.15, -0.1) is 0 Å². The molecule has 0 N–H and O–H groups in total. The quantitative estimate of drug-likeness (QED) is 0.794. The summed E-state index contributed by atoms with van der Waals surface area (Å²) in [4.78, 5) is 8.82. The van der Waals surface area contributed by atoms with Crippen molar-refractivity contribution in [1.29, 1.82) is 5.26 Å². The highest BCUT2D eigenvalue weighted by Gasteiger charge is 2.10. The van der Waals surface area contributed by atoms with Crippen LogP contribution in [0.2, 0.25) is 0 Å². The van der Waals surface area contributed by atoms with Gasteiger partial charge in [-0.3, -0.25) is 4.90 Å². The third-order valence-electron chi connectivity index (χ3n) is 3.34. The third kappa shape index (κ3) is 4.19. The van der Waals surface area contributed by atoms with Gasteiger partial charge in [0.2, 0.25) is 0 Å². The van der Waals surface area contributed by atoms with E-state index in [0.29, 0.717) is 5.56 Å². The molecule has 5 nitrogen and oxygen atoms in total. The molecule has 0 spiro atoms. The molecule has 1 fully saturated rings. The second-order valence-corrected chi connectivity index (χ2v) is 4.74. The third-order valence-corrected chi connectivity index (χ3v) is 3.34. The zero-order valence-electron chi connectivity index (χ0n) is 11.4. The summed E-state index contributed by atoms with van der Waals surface area (Å²) in [7, 11) is 2.02. The topological polar surface area (TPSA) is 52.4 Å². The van der Waals surface area contributed by atoms with Crippen LogP contribution in [-0.4, -0.2) is 56.3 Å². The van der Waals surface area contributed by atoms with Gasteiger partial charge in [0.05, 0.1) is 24.8 Å². The van der Waals surface area contributed by atoms with Crippen LogP contribution in [0.3, 0.4) is 0 Å². The molecule has 1 aliphatic rings. The predicted octanol–water partition coefficient (Wildman–Crippen LogP) is 1.11. The lowest BCUT2D eigenvalue weighted by Gasteiger charge is -2.27. The van der Waals surface area contributed by atoms with Crippen molar-refractivity contribution in [1.82, 2.24) is 9.88 Å². The first-order valence-electron chi connectivity index (χ1n) is 6.67. The van der Waals surface area contributed by atoms with Crippen molar-refractivity contribution in [3.05, 3.63) is 23.9 Å². The fraction of sp³-hybridized carbons (Fsp3) is 0.571. The molecule has 1 aromatic heterocycles. The molecule has 0 unspecified atom stereocenters. The second kappa shape index (κ2) is 7.07. The Kier molecular flexibility index (Phi) is 5.13. The summed E-state index contributed by atoms with van der Waals surface area (Å²) in [5, 5.41) is 8.88. The maximum Gasteiger partial charge on any atom is 0.129 e. The van der Waals surface area contributed by atoms with Crippen LogP contribution in [0, 0.1) is 11.3 Å². The van der Waals surface area contributed by atoms with Crippen LogP contribution in [-0.2, 0) is 4.74 Å². The number of nitriles is 1. The minimum Gasteiger partial charge on any atom is -0.379 e. The number of morpholine rings is 1. The molecular weight excluding hydrogens is 240 g/mol. The van der Waals surface area contributed by atoms with Gasteiger partial charge in [0, 0.05) is 39.4 Å². The van der Waals surface area contributed by atoms with E-state index in [4.69, 9.17) is 10.00 Å². The molecule has 0 atom stereocenters. The highest BCUT2D eigenvalue weighted by molar-refractivity contribution is 5.44. The Balaban J connectivity index is 1.77. The molecule has 0 aliphatic carbocycles. The van der Waals surface area contributed by atoms with E-state index in [9.17, 15) is 0 Å². The maximum atomic E-state index is 8.88. The van der Waals surface area contributed by atoms with E-state index in [-0.39, 0.29) is 0 Å². The van der Waals surface area contributed by atoms with Crippen LogP contribution in [0.5, 0.6) is 0 Å². The Morgan fingerprint density at radius 1 is 1.47 bits per heavy atom. The standard InChI is InChI=1S/C14H20N4O/c1-17(14-11-13(12-15)3-4-16-14)5-2-6-18-7-9-19-10-8-18/h3-4,11H,2,5-10H2,1H3. The van der Waals surface area contributed by atoms with E-state index in [1.807, 2.05) is 13.1 Å². The molecule has 1 aliphatic heterocycles. The average Bonchev–Trinajstić information content (AvgIpc) is 2.48. The average molecular weight is 260 g/mol. The Bertz CT molecular complexity index is 437. The van der Waals surface area contributed by atoms with E-state index in [2.05, 4.69) is 20.9 Å². The van der Waals surface area contributed by atoms with Gasteiger partial charge < -0.3 is 9.64 Å². The smallest absolute Gasteiger partial charge is 0.129 e. The number of nitrogens with zero attached hydrogens (tertiary/aromatic N) is 4. The second-order valence-electron chi connectivity index (χ2n) is 4.74. The number of ether oxygens (including phenoxy) is 1. The SMILES string of the molecule is CN(CCCN1CCOCC1)c1cc(C#N)ccn1. The van der Waals surface area contributed by atoms with Crippen molar-refractivity contribution in [2.75, 3.05) is 51.3 Å². The number of hydrogen-bond acceptors (Lipinski definition) is 5. The fourth-order valence-corrected chi connectivity index (χ4v) is 2.17. The largest absolute Gasteiger partial charge is 0.379 e. The summed E-state index contributed by atoms with van der Waals surface area (Å²) >= 11 is 0. The molecule has 19 heavy (non-hydrogen) atoms. The summed E-state index contributed by atoms with van der Waals surface area (Å²) in [6.45, 7) is 5.80. The van der Waals surface area contributed by atoms with Gasteiger partial charge in [-0.2, -0.15) is 5.26 Å². The van der Waals surface area contributed by atoms with Crippen molar-refractivity contribution in [3.8, 4) is 6.07 Å². The fourth-order valence-electron chi connectivity index (χ4n) is 2.17. The van der Waals surface area contributed by atoms with Crippen LogP contribution >= 0.6 is 0 Å². The van der Waals surface area contributed by atoms with Crippen LogP contribution in [0.1, 0.15) is 12.0 Å². The Hall–Kier alpha value is -1.64. The molecule has 0 bridgehead atoms. The highest BCUT2D eigenvalue weighted by Crippen LogP contribution is 2.11. The van der Waals surface area contributed by atoms with Crippen molar-refractivity contribution in [2.45, 2.75) is 6.42 Å². The minimum atomic E-state index is 0.657. The molecule has 2 rings (SSSR count). The molecule has 1 aromatic rings. The van der Waals surface area contributed by atoms with Gasteiger partial charge in [0.1, 0.15) is 5.82 Å². The summed E-state index contributed by atoms with van der Waals surface area (Å²) in [6, 6.07) is 5.70. The lowest BCUT2D eigenvalue weighted by Crippen LogP contribution is -2.37. The molecule has 0 amide bonds. The molecular formula is C14H20N4O. The van der Waals surface area contributed by atoms with Crippen LogP contribution < -0.4 is 4.90 Å². The van der Waals surface area contributed by atoms with Gasteiger partial charge in [-0.1, -0.05) is 0 Å². The summed E-state index contributed by atoms with van der Waals surface area (Å²) in [5.74, 6) is 0.862. The van der Waals surface area contributed by atoms with Crippen molar-refractivity contribution >= 4 is 5.82 Å². The van der Waals surface area contributed by atoms with Gasteiger partial charge in [-0.25, -0.2) is 4.98 Å². The van der Waals surface area contributed by atoms with E-state index in [0.717, 1.165) is 51.6 Å². The Labute approximate surface area is 114 Å². The number of hydrogen-bond donors (Lipinski definition) is 0. The zero-order valence-corrected chi connectivity index (χ0v) is 11.4.